The van der Waals surface area contributed by atoms with E-state index in [1.807, 2.05) is 0 Å². The van der Waals surface area contributed by atoms with Crippen LogP contribution >= 0.6 is 0 Å². The van der Waals surface area contributed by atoms with Gasteiger partial charge in [0, 0.05) is 48.9 Å². The second-order valence-corrected chi connectivity index (χ2v) is 7.11. The maximum absolute atomic E-state index is 12.6. The average Bonchev–Trinajstić information content (AvgIpc) is 2.89. The fourth-order valence-electron chi connectivity index (χ4n) is 3.04. The molecule has 0 fully saturated rings. The zero-order valence-electron chi connectivity index (χ0n) is 18.3. The number of amides is 2. The third kappa shape index (κ3) is 5.60. The molecular weight excluding hydrogens is 452 g/mol. The Morgan fingerprint density at radius 3 is 2.29 bits per heavy atom. The summed E-state index contributed by atoms with van der Waals surface area (Å²) in [5.74, 6) is 0.0279. The highest BCUT2D eigenvalue weighted by atomic mass is 16.6. The number of anilines is 1. The van der Waals surface area contributed by atoms with Crippen LogP contribution in [-0.4, -0.2) is 38.7 Å². The number of nitrogens with zero attached hydrogens (tertiary/aromatic N) is 4. The van der Waals surface area contributed by atoms with Gasteiger partial charge in [-0.1, -0.05) is 0 Å². The number of benzene rings is 2. The van der Waals surface area contributed by atoms with Gasteiger partial charge in [-0.15, -0.1) is 0 Å². The first-order valence-corrected chi connectivity index (χ1v) is 10.3. The van der Waals surface area contributed by atoms with Crippen molar-refractivity contribution < 1.29 is 19.2 Å². The first-order chi connectivity index (χ1) is 16.9. The zero-order valence-corrected chi connectivity index (χ0v) is 18.3. The molecule has 2 amide bonds. The van der Waals surface area contributed by atoms with E-state index in [1.54, 1.807) is 48.5 Å². The van der Waals surface area contributed by atoms with Crippen molar-refractivity contribution in [1.29, 1.82) is 0 Å². The van der Waals surface area contributed by atoms with Crippen LogP contribution in [0.3, 0.4) is 0 Å². The zero-order chi connectivity index (χ0) is 24.8. The van der Waals surface area contributed by atoms with Crippen molar-refractivity contribution in [3.05, 3.63) is 101 Å². The summed E-state index contributed by atoms with van der Waals surface area (Å²) in [5.41, 5.74) is 1.75. The summed E-state index contributed by atoms with van der Waals surface area (Å²) in [6, 6.07) is 17.2. The molecule has 0 aliphatic carbocycles. The van der Waals surface area contributed by atoms with Crippen LogP contribution in [0.5, 0.6) is 11.5 Å². The maximum atomic E-state index is 12.6. The van der Waals surface area contributed by atoms with Crippen LogP contribution < -0.4 is 15.4 Å². The van der Waals surface area contributed by atoms with E-state index in [4.69, 9.17) is 4.74 Å². The molecule has 4 aromatic rings. The number of pyridine rings is 1. The van der Waals surface area contributed by atoms with Crippen LogP contribution in [0.25, 0.3) is 11.3 Å². The number of nitrogens with one attached hydrogen (secondary N) is 2. The van der Waals surface area contributed by atoms with Gasteiger partial charge in [-0.05, 0) is 48.5 Å². The summed E-state index contributed by atoms with van der Waals surface area (Å²) in [6.07, 6.45) is 2.91. The van der Waals surface area contributed by atoms with E-state index in [-0.39, 0.29) is 23.1 Å². The molecule has 0 saturated heterocycles. The van der Waals surface area contributed by atoms with E-state index in [9.17, 15) is 19.7 Å². The highest BCUT2D eigenvalue weighted by molar-refractivity contribution is 6.01. The number of nitro groups is 1. The molecule has 0 aliphatic rings. The smallest absolute Gasteiger partial charge is 0.293 e. The number of ether oxygens (including phenoxy) is 1. The minimum atomic E-state index is -0.521. The Hall–Kier alpha value is -5.19. The van der Waals surface area contributed by atoms with Gasteiger partial charge in [-0.25, -0.2) is 9.97 Å². The largest absolute Gasteiger partial charge is 0.457 e. The lowest BCUT2D eigenvalue weighted by molar-refractivity contribution is -0.384. The van der Waals surface area contributed by atoms with Crippen molar-refractivity contribution in [1.82, 2.24) is 20.3 Å². The van der Waals surface area contributed by atoms with E-state index in [0.29, 0.717) is 28.4 Å². The van der Waals surface area contributed by atoms with Crippen LogP contribution in [0.2, 0.25) is 0 Å². The molecule has 2 heterocycles. The standard InChI is InChI=1S/C24H18N6O5/c1-25-23(31)21-14-19(10-12-26-21)35-18-8-4-16(5-9-18)28-24(32)22-27-13-11-20(29-22)15-2-6-17(7-3-15)30(33)34/h2-14H,1H3,(H,25,31)(H,28,32). The summed E-state index contributed by atoms with van der Waals surface area (Å²) in [6.45, 7) is 0. The van der Waals surface area contributed by atoms with Gasteiger partial charge in [0.05, 0.1) is 10.6 Å². The molecule has 0 aliphatic heterocycles. The number of aromatic nitrogens is 3. The predicted molar refractivity (Wildman–Crippen MR) is 126 cm³/mol. The lowest BCUT2D eigenvalue weighted by atomic mass is 10.1. The van der Waals surface area contributed by atoms with E-state index < -0.39 is 10.8 Å². The van der Waals surface area contributed by atoms with Gasteiger partial charge in [-0.2, -0.15) is 0 Å². The molecule has 0 spiro atoms. The molecule has 11 heteroatoms. The summed E-state index contributed by atoms with van der Waals surface area (Å²) >= 11 is 0. The lowest BCUT2D eigenvalue weighted by Crippen LogP contribution is -2.18. The Balaban J connectivity index is 1.43. The summed E-state index contributed by atoms with van der Waals surface area (Å²) < 4.78 is 5.75. The molecule has 4 rings (SSSR count). The Labute approximate surface area is 199 Å². The van der Waals surface area contributed by atoms with E-state index in [1.165, 1.54) is 37.6 Å². The normalized spacial score (nSPS) is 10.3. The van der Waals surface area contributed by atoms with E-state index >= 15 is 0 Å². The molecule has 0 radical (unpaired) electrons. The van der Waals surface area contributed by atoms with E-state index in [0.717, 1.165) is 0 Å². The van der Waals surface area contributed by atoms with Gasteiger partial charge in [0.1, 0.15) is 17.2 Å². The molecule has 2 aromatic carbocycles. The summed E-state index contributed by atoms with van der Waals surface area (Å²) in [4.78, 5) is 47.0. The Kier molecular flexibility index (Phi) is 6.68. The third-order valence-corrected chi connectivity index (χ3v) is 4.77. The number of hydrogen-bond donors (Lipinski definition) is 2. The lowest BCUT2D eigenvalue weighted by Gasteiger charge is -2.09. The number of carbonyl (C=O) groups is 2. The van der Waals surface area contributed by atoms with Crippen molar-refractivity contribution in [2.75, 3.05) is 12.4 Å². The fourth-order valence-corrected chi connectivity index (χ4v) is 3.04. The molecule has 35 heavy (non-hydrogen) atoms. The van der Waals surface area contributed by atoms with Gasteiger partial charge >= 0.3 is 0 Å². The molecular formula is C24H18N6O5. The molecule has 0 unspecified atom stereocenters. The van der Waals surface area contributed by atoms with Crippen molar-refractivity contribution in [2.45, 2.75) is 0 Å². The van der Waals surface area contributed by atoms with Gasteiger partial charge in [0.2, 0.25) is 5.82 Å². The monoisotopic (exact) mass is 470 g/mol. The Bertz CT molecular complexity index is 1390. The van der Waals surface area contributed by atoms with Crippen LogP contribution in [0, 0.1) is 10.1 Å². The quantitative estimate of drug-likeness (QED) is 0.305. The first-order valence-electron chi connectivity index (χ1n) is 10.3. The van der Waals surface area contributed by atoms with Crippen molar-refractivity contribution >= 4 is 23.2 Å². The molecule has 0 bridgehead atoms. The molecule has 0 atom stereocenters. The third-order valence-electron chi connectivity index (χ3n) is 4.77. The molecule has 2 N–H and O–H groups in total. The minimum absolute atomic E-state index is 0.0379. The summed E-state index contributed by atoms with van der Waals surface area (Å²) in [5, 5.41) is 16.0. The number of nitro benzene ring substituents is 1. The molecule has 11 nitrogen and oxygen atoms in total. The van der Waals surface area contributed by atoms with Crippen molar-refractivity contribution in [3.8, 4) is 22.8 Å². The topological polar surface area (TPSA) is 149 Å². The highest BCUT2D eigenvalue weighted by Crippen LogP contribution is 2.24. The fraction of sp³-hybridized carbons (Fsp3) is 0.0417. The summed E-state index contributed by atoms with van der Waals surface area (Å²) in [7, 11) is 1.52. The minimum Gasteiger partial charge on any atom is -0.457 e. The van der Waals surface area contributed by atoms with Crippen LogP contribution in [0.1, 0.15) is 21.1 Å². The van der Waals surface area contributed by atoms with Crippen molar-refractivity contribution in [3.63, 3.8) is 0 Å². The van der Waals surface area contributed by atoms with E-state index in [2.05, 4.69) is 25.6 Å². The molecule has 174 valence electrons. The second kappa shape index (κ2) is 10.2. The van der Waals surface area contributed by atoms with Crippen LogP contribution in [0.4, 0.5) is 11.4 Å². The average molecular weight is 470 g/mol. The molecule has 0 saturated carbocycles. The van der Waals surface area contributed by atoms with Gasteiger partial charge in [0.25, 0.3) is 17.5 Å². The van der Waals surface area contributed by atoms with Gasteiger partial charge in [-0.3, -0.25) is 24.7 Å². The first kappa shape index (κ1) is 23.0. The highest BCUT2D eigenvalue weighted by Gasteiger charge is 2.13. The number of hydrogen-bond acceptors (Lipinski definition) is 8. The SMILES string of the molecule is CNC(=O)c1cc(Oc2ccc(NC(=O)c3nccc(-c4ccc([N+](=O)[O-])cc4)n3)cc2)ccn1. The predicted octanol–water partition coefficient (Wildman–Crippen LogP) is 3.85. The number of rotatable bonds is 7. The van der Waals surface area contributed by atoms with Crippen molar-refractivity contribution in [2.24, 2.45) is 0 Å². The van der Waals surface area contributed by atoms with Crippen LogP contribution in [-0.2, 0) is 0 Å². The maximum Gasteiger partial charge on any atom is 0.293 e. The Morgan fingerprint density at radius 1 is 0.886 bits per heavy atom. The molecule has 2 aromatic heterocycles. The Morgan fingerprint density at radius 2 is 1.60 bits per heavy atom. The van der Waals surface area contributed by atoms with Gasteiger partial charge in [0.15, 0.2) is 0 Å². The number of non-ortho nitro benzene ring substituents is 1. The van der Waals surface area contributed by atoms with Crippen LogP contribution in [0.15, 0.2) is 79.1 Å². The number of carbonyl (C=O) groups excluding carboxylic acids is 2. The van der Waals surface area contributed by atoms with Gasteiger partial charge < -0.3 is 15.4 Å². The second-order valence-electron chi connectivity index (χ2n) is 7.11.